The van der Waals surface area contributed by atoms with Crippen molar-refractivity contribution in [2.45, 2.75) is 6.04 Å². The lowest BCUT2D eigenvalue weighted by Gasteiger charge is -2.21. The number of hydrogen-bond donors (Lipinski definition) is 2. The van der Waals surface area contributed by atoms with Crippen molar-refractivity contribution in [3.05, 3.63) is 100 Å². The number of fused-ring (bicyclic) bond motifs is 1. The Morgan fingerprint density at radius 2 is 1.68 bits per heavy atom. The molecular weight excluding hydrogens is 356 g/mol. The number of aromatic nitrogens is 2. The molecule has 28 heavy (non-hydrogen) atoms. The lowest BCUT2D eigenvalue weighted by molar-refractivity contribution is -0.385. The quantitative estimate of drug-likeness (QED) is 0.397. The van der Waals surface area contributed by atoms with Crippen LogP contribution in [0.15, 0.2) is 79.1 Å². The van der Waals surface area contributed by atoms with Crippen LogP contribution in [0.3, 0.4) is 0 Å². The lowest BCUT2D eigenvalue weighted by atomic mass is 9.95. The van der Waals surface area contributed by atoms with Gasteiger partial charge in [0, 0.05) is 29.4 Å². The van der Waals surface area contributed by atoms with Crippen molar-refractivity contribution in [2.75, 3.05) is 5.32 Å². The van der Waals surface area contributed by atoms with Gasteiger partial charge in [0.05, 0.1) is 16.5 Å². The summed E-state index contributed by atoms with van der Waals surface area (Å²) in [6.45, 7) is 0. The van der Waals surface area contributed by atoms with Crippen molar-refractivity contribution in [3.8, 4) is 5.75 Å². The molecule has 0 saturated heterocycles. The third-order valence-electron chi connectivity index (χ3n) is 4.49. The smallest absolute Gasteiger partial charge is 0.275 e. The van der Waals surface area contributed by atoms with E-state index in [-0.39, 0.29) is 11.4 Å². The number of nitro groups is 1. The Morgan fingerprint density at radius 3 is 2.46 bits per heavy atom. The average molecular weight is 372 g/mol. The van der Waals surface area contributed by atoms with E-state index in [0.29, 0.717) is 22.5 Å². The highest BCUT2D eigenvalue weighted by molar-refractivity contribution is 5.86. The van der Waals surface area contributed by atoms with Crippen molar-refractivity contribution in [1.82, 2.24) is 9.97 Å². The number of anilines is 1. The zero-order chi connectivity index (χ0) is 19.5. The molecule has 0 unspecified atom stereocenters. The number of aromatic hydroxyl groups is 1. The van der Waals surface area contributed by atoms with Crippen molar-refractivity contribution >= 4 is 22.4 Å². The summed E-state index contributed by atoms with van der Waals surface area (Å²) < 4.78 is 0. The molecule has 0 bridgehead atoms. The molecule has 0 saturated carbocycles. The van der Waals surface area contributed by atoms with Crippen LogP contribution >= 0.6 is 0 Å². The summed E-state index contributed by atoms with van der Waals surface area (Å²) in [6, 6.07) is 18.3. The predicted molar refractivity (Wildman–Crippen MR) is 106 cm³/mol. The summed E-state index contributed by atoms with van der Waals surface area (Å²) in [5.74, 6) is 0.510. The van der Waals surface area contributed by atoms with Gasteiger partial charge in [0.1, 0.15) is 17.1 Å². The summed E-state index contributed by atoms with van der Waals surface area (Å²) in [7, 11) is 0. The van der Waals surface area contributed by atoms with Crippen LogP contribution in [0.2, 0.25) is 0 Å². The van der Waals surface area contributed by atoms with E-state index in [1.165, 1.54) is 6.07 Å². The van der Waals surface area contributed by atoms with Crippen molar-refractivity contribution in [3.63, 3.8) is 0 Å². The first-order chi connectivity index (χ1) is 13.6. The highest BCUT2D eigenvalue weighted by atomic mass is 16.6. The molecule has 0 fully saturated rings. The van der Waals surface area contributed by atoms with E-state index in [4.69, 9.17) is 0 Å². The molecule has 1 atom stereocenters. The van der Waals surface area contributed by atoms with Gasteiger partial charge in [-0.3, -0.25) is 15.1 Å². The number of nitrogens with zero attached hydrogens (tertiary/aromatic N) is 3. The number of para-hydroxylation sites is 1. The highest BCUT2D eigenvalue weighted by Gasteiger charge is 2.26. The van der Waals surface area contributed by atoms with Crippen molar-refractivity contribution in [1.29, 1.82) is 0 Å². The van der Waals surface area contributed by atoms with E-state index in [1.54, 1.807) is 54.9 Å². The zero-order valence-electron chi connectivity index (χ0n) is 14.7. The standard InChI is InChI=1S/C21H16N4O3/c26-21-16(11-10-14-6-5-13-23-19(14)21)20(24-18-9-3-4-12-22-18)15-7-1-2-8-17(15)25(27)28/h1-13,20,26H,(H,22,24)/t20-/m1/s1. The second-order valence-electron chi connectivity index (χ2n) is 6.19. The Balaban J connectivity index is 1.92. The van der Waals surface area contributed by atoms with Gasteiger partial charge in [0.15, 0.2) is 0 Å². The van der Waals surface area contributed by atoms with Crippen molar-refractivity contribution in [2.24, 2.45) is 0 Å². The maximum atomic E-state index is 11.6. The first kappa shape index (κ1) is 17.4. The second-order valence-corrected chi connectivity index (χ2v) is 6.19. The van der Waals surface area contributed by atoms with Crippen LogP contribution in [-0.2, 0) is 0 Å². The monoisotopic (exact) mass is 372 g/mol. The summed E-state index contributed by atoms with van der Waals surface area (Å²) >= 11 is 0. The number of nitrogens with one attached hydrogen (secondary N) is 1. The van der Waals surface area contributed by atoms with Gasteiger partial charge in [-0.15, -0.1) is 0 Å². The predicted octanol–water partition coefficient (Wildman–Crippen LogP) is 4.45. The largest absolute Gasteiger partial charge is 0.505 e. The molecule has 0 radical (unpaired) electrons. The van der Waals surface area contributed by atoms with E-state index in [2.05, 4.69) is 15.3 Å². The Hall–Kier alpha value is -4.00. The van der Waals surface area contributed by atoms with E-state index in [0.717, 1.165) is 5.39 Å². The van der Waals surface area contributed by atoms with Crippen LogP contribution < -0.4 is 5.32 Å². The minimum absolute atomic E-state index is 0.0234. The first-order valence-corrected chi connectivity index (χ1v) is 8.62. The third kappa shape index (κ3) is 3.21. The molecule has 2 heterocycles. The number of hydrogen-bond acceptors (Lipinski definition) is 6. The van der Waals surface area contributed by atoms with E-state index < -0.39 is 11.0 Å². The van der Waals surface area contributed by atoms with E-state index in [9.17, 15) is 15.2 Å². The SMILES string of the molecule is O=[N+]([O-])c1ccccc1[C@@H](Nc1ccccn1)c1ccc2cccnc2c1O. The minimum Gasteiger partial charge on any atom is -0.505 e. The topological polar surface area (TPSA) is 101 Å². The summed E-state index contributed by atoms with van der Waals surface area (Å²) in [4.78, 5) is 19.7. The molecule has 2 aromatic heterocycles. The summed E-state index contributed by atoms with van der Waals surface area (Å²) in [5, 5.41) is 26.5. The van der Waals surface area contributed by atoms with Crippen LogP contribution in [0, 0.1) is 10.1 Å². The van der Waals surface area contributed by atoms with Gasteiger partial charge >= 0.3 is 0 Å². The van der Waals surface area contributed by atoms with Crippen LogP contribution in [0.25, 0.3) is 10.9 Å². The number of nitro benzene ring substituents is 1. The summed E-state index contributed by atoms with van der Waals surface area (Å²) in [6.07, 6.45) is 3.22. The molecule has 0 aliphatic rings. The fourth-order valence-electron chi connectivity index (χ4n) is 3.20. The Labute approximate surface area is 160 Å². The molecule has 4 aromatic rings. The van der Waals surface area contributed by atoms with Crippen LogP contribution in [0.4, 0.5) is 11.5 Å². The maximum Gasteiger partial charge on any atom is 0.275 e. The molecule has 0 aliphatic carbocycles. The van der Waals surface area contributed by atoms with Gasteiger partial charge in [-0.2, -0.15) is 0 Å². The molecule has 138 valence electrons. The Morgan fingerprint density at radius 1 is 0.893 bits per heavy atom. The first-order valence-electron chi connectivity index (χ1n) is 8.62. The molecule has 4 rings (SSSR count). The minimum atomic E-state index is -0.692. The second kappa shape index (κ2) is 7.32. The average Bonchev–Trinajstić information content (AvgIpc) is 2.74. The number of benzene rings is 2. The number of rotatable bonds is 5. The zero-order valence-corrected chi connectivity index (χ0v) is 14.7. The maximum absolute atomic E-state index is 11.6. The number of phenolic OH excluding ortho intramolecular Hbond substituents is 1. The van der Waals surface area contributed by atoms with E-state index >= 15 is 0 Å². The number of pyridine rings is 2. The van der Waals surface area contributed by atoms with Gasteiger partial charge in [-0.05, 0) is 24.3 Å². The summed E-state index contributed by atoms with van der Waals surface area (Å²) in [5.41, 5.74) is 1.29. The fourth-order valence-corrected chi connectivity index (χ4v) is 3.20. The normalized spacial score (nSPS) is 11.9. The molecule has 2 aromatic carbocycles. The molecule has 2 N–H and O–H groups in total. The van der Waals surface area contributed by atoms with Gasteiger partial charge in [0.2, 0.25) is 0 Å². The number of phenols is 1. The van der Waals surface area contributed by atoms with Crippen molar-refractivity contribution < 1.29 is 10.0 Å². The van der Waals surface area contributed by atoms with E-state index in [1.807, 2.05) is 18.2 Å². The van der Waals surface area contributed by atoms with Gasteiger partial charge in [-0.1, -0.05) is 36.4 Å². The molecular formula is C21H16N4O3. The molecule has 7 heteroatoms. The van der Waals surface area contributed by atoms with Crippen LogP contribution in [0.5, 0.6) is 5.75 Å². The van der Waals surface area contributed by atoms with Crippen LogP contribution in [-0.4, -0.2) is 20.0 Å². The fraction of sp³-hybridized carbons (Fsp3) is 0.0476. The van der Waals surface area contributed by atoms with Gasteiger partial charge in [-0.25, -0.2) is 4.98 Å². The third-order valence-corrected chi connectivity index (χ3v) is 4.49. The molecule has 0 amide bonds. The highest BCUT2D eigenvalue weighted by Crippen LogP contribution is 2.38. The molecule has 7 nitrogen and oxygen atoms in total. The van der Waals surface area contributed by atoms with Gasteiger partial charge in [0.25, 0.3) is 5.69 Å². The van der Waals surface area contributed by atoms with Crippen LogP contribution in [0.1, 0.15) is 17.2 Å². The molecule has 0 aliphatic heterocycles. The molecule has 0 spiro atoms. The Bertz CT molecular complexity index is 1150. The Kier molecular flexibility index (Phi) is 4.55. The van der Waals surface area contributed by atoms with Gasteiger partial charge < -0.3 is 10.4 Å². The lowest BCUT2D eigenvalue weighted by Crippen LogP contribution is -2.15.